The van der Waals surface area contributed by atoms with Crippen molar-refractivity contribution in [2.75, 3.05) is 26.0 Å². The van der Waals surface area contributed by atoms with E-state index in [0.717, 1.165) is 5.56 Å². The Kier molecular flexibility index (Phi) is 5.96. The maximum absolute atomic E-state index is 12.6. The molecule has 3 rings (SSSR count). The Bertz CT molecular complexity index is 1020. The van der Waals surface area contributed by atoms with Crippen molar-refractivity contribution in [1.82, 2.24) is 19.7 Å². The minimum absolute atomic E-state index is 0.130. The van der Waals surface area contributed by atoms with Gasteiger partial charge >= 0.3 is 0 Å². The zero-order valence-electron chi connectivity index (χ0n) is 15.5. The summed E-state index contributed by atoms with van der Waals surface area (Å²) >= 11 is 7.21. The number of amides is 2. The summed E-state index contributed by atoms with van der Waals surface area (Å²) in [5.41, 5.74) is 1.28. The van der Waals surface area contributed by atoms with Gasteiger partial charge in [0.15, 0.2) is 0 Å². The fraction of sp³-hybridized carbons (Fsp3) is 0.222. The average Bonchev–Trinajstić information content (AvgIpc) is 3.30. The van der Waals surface area contributed by atoms with Gasteiger partial charge in [-0.05, 0) is 18.2 Å². The van der Waals surface area contributed by atoms with Crippen LogP contribution in [0.4, 0.5) is 5.69 Å². The number of hydrogen-bond acceptors (Lipinski definition) is 6. The molecule has 1 aromatic carbocycles. The third-order valence-electron chi connectivity index (χ3n) is 3.83. The van der Waals surface area contributed by atoms with Crippen LogP contribution < -0.4 is 10.1 Å². The lowest BCUT2D eigenvalue weighted by atomic mass is 10.3. The lowest BCUT2D eigenvalue weighted by molar-refractivity contribution is -0.116. The number of carbonyl (C=O) groups is 2. The first-order valence-electron chi connectivity index (χ1n) is 8.21. The molecular formula is C18H18ClN5O3S. The van der Waals surface area contributed by atoms with Crippen LogP contribution in [0.1, 0.15) is 9.67 Å². The first kappa shape index (κ1) is 19.8. The van der Waals surface area contributed by atoms with Crippen molar-refractivity contribution in [3.8, 4) is 16.3 Å². The molecule has 0 saturated carbocycles. The maximum atomic E-state index is 12.6. The monoisotopic (exact) mass is 419 g/mol. The van der Waals surface area contributed by atoms with Crippen LogP contribution >= 0.6 is 22.9 Å². The van der Waals surface area contributed by atoms with E-state index in [-0.39, 0.29) is 18.4 Å². The number of nitrogens with one attached hydrogen (secondary N) is 1. The summed E-state index contributed by atoms with van der Waals surface area (Å²) in [7, 11) is 4.86. The zero-order valence-corrected chi connectivity index (χ0v) is 17.0. The highest BCUT2D eigenvalue weighted by molar-refractivity contribution is 7.16. The number of anilines is 1. The molecule has 2 amide bonds. The number of rotatable bonds is 6. The topological polar surface area (TPSA) is 89.3 Å². The van der Waals surface area contributed by atoms with Gasteiger partial charge in [-0.15, -0.1) is 11.3 Å². The van der Waals surface area contributed by atoms with E-state index in [1.807, 2.05) is 13.2 Å². The van der Waals surface area contributed by atoms with Crippen LogP contribution in [0.25, 0.3) is 10.6 Å². The van der Waals surface area contributed by atoms with E-state index in [1.165, 1.54) is 29.5 Å². The number of benzene rings is 1. The van der Waals surface area contributed by atoms with Crippen LogP contribution in [-0.4, -0.2) is 52.2 Å². The molecule has 2 aromatic heterocycles. The molecule has 0 aliphatic heterocycles. The number of methoxy groups -OCH3 is 1. The van der Waals surface area contributed by atoms with E-state index >= 15 is 0 Å². The quantitative estimate of drug-likeness (QED) is 0.663. The number of aryl methyl sites for hydroxylation is 1. The van der Waals surface area contributed by atoms with Crippen LogP contribution in [0.5, 0.6) is 5.75 Å². The number of thiazole rings is 1. The van der Waals surface area contributed by atoms with Gasteiger partial charge in [0, 0.05) is 30.9 Å². The van der Waals surface area contributed by atoms with Gasteiger partial charge in [-0.3, -0.25) is 14.3 Å². The summed E-state index contributed by atoms with van der Waals surface area (Å²) in [5, 5.41) is 7.96. The van der Waals surface area contributed by atoms with E-state index < -0.39 is 0 Å². The highest BCUT2D eigenvalue weighted by Crippen LogP contribution is 2.28. The number of halogens is 1. The van der Waals surface area contributed by atoms with Gasteiger partial charge in [-0.25, -0.2) is 4.98 Å². The Morgan fingerprint density at radius 3 is 2.82 bits per heavy atom. The Morgan fingerprint density at radius 2 is 2.14 bits per heavy atom. The molecule has 0 bridgehead atoms. The Labute approximate surface area is 170 Å². The molecule has 0 saturated heterocycles. The molecule has 0 unspecified atom stereocenters. The van der Waals surface area contributed by atoms with Gasteiger partial charge in [0.25, 0.3) is 5.91 Å². The number of hydrogen-bond donors (Lipinski definition) is 1. The summed E-state index contributed by atoms with van der Waals surface area (Å²) in [6, 6.07) is 4.91. The molecule has 0 atom stereocenters. The van der Waals surface area contributed by atoms with Crippen molar-refractivity contribution in [2.24, 2.45) is 7.05 Å². The average molecular weight is 420 g/mol. The second-order valence-corrected chi connectivity index (χ2v) is 7.45. The van der Waals surface area contributed by atoms with E-state index in [0.29, 0.717) is 26.3 Å². The van der Waals surface area contributed by atoms with Crippen LogP contribution in [0, 0.1) is 0 Å². The van der Waals surface area contributed by atoms with Crippen molar-refractivity contribution < 1.29 is 14.3 Å². The predicted octanol–water partition coefficient (Wildman–Crippen LogP) is 2.92. The lowest BCUT2D eigenvalue weighted by Crippen LogP contribution is -2.34. The van der Waals surface area contributed by atoms with Gasteiger partial charge in [-0.1, -0.05) is 11.6 Å². The second-order valence-electron chi connectivity index (χ2n) is 5.99. The van der Waals surface area contributed by atoms with E-state index in [9.17, 15) is 9.59 Å². The maximum Gasteiger partial charge on any atom is 0.265 e. The van der Waals surface area contributed by atoms with Gasteiger partial charge in [-0.2, -0.15) is 5.10 Å². The highest BCUT2D eigenvalue weighted by atomic mass is 35.5. The molecule has 0 spiro atoms. The van der Waals surface area contributed by atoms with Crippen molar-refractivity contribution in [3.63, 3.8) is 0 Å². The molecule has 146 valence electrons. The third-order valence-corrected chi connectivity index (χ3v) is 5.10. The molecule has 0 radical (unpaired) electrons. The first-order valence-corrected chi connectivity index (χ1v) is 9.40. The van der Waals surface area contributed by atoms with Crippen molar-refractivity contribution in [2.45, 2.75) is 0 Å². The van der Waals surface area contributed by atoms with E-state index in [4.69, 9.17) is 16.3 Å². The number of carbonyl (C=O) groups excluding carboxylic acids is 2. The molecule has 28 heavy (non-hydrogen) atoms. The predicted molar refractivity (Wildman–Crippen MR) is 108 cm³/mol. The normalized spacial score (nSPS) is 10.6. The minimum atomic E-state index is -0.367. The zero-order chi connectivity index (χ0) is 20.3. The van der Waals surface area contributed by atoms with Crippen LogP contribution in [0.2, 0.25) is 5.02 Å². The first-order chi connectivity index (χ1) is 13.4. The number of aromatic nitrogens is 3. The van der Waals surface area contributed by atoms with Gasteiger partial charge < -0.3 is 15.0 Å². The Balaban J connectivity index is 1.65. The molecule has 2 heterocycles. The lowest BCUT2D eigenvalue weighted by Gasteiger charge is -2.16. The molecule has 0 fully saturated rings. The van der Waals surface area contributed by atoms with Crippen LogP contribution in [-0.2, 0) is 11.8 Å². The molecule has 10 heteroatoms. The smallest absolute Gasteiger partial charge is 0.265 e. The number of nitrogens with zero attached hydrogens (tertiary/aromatic N) is 4. The summed E-state index contributed by atoms with van der Waals surface area (Å²) in [6.45, 7) is -0.130. The summed E-state index contributed by atoms with van der Waals surface area (Å²) in [5.74, 6) is -0.176. The molecule has 1 N–H and O–H groups in total. The number of likely N-dealkylation sites (N-methyl/N-ethyl adjacent to an activating group) is 1. The molecule has 3 aromatic rings. The van der Waals surface area contributed by atoms with Gasteiger partial charge in [0.2, 0.25) is 5.91 Å². The highest BCUT2D eigenvalue weighted by Gasteiger charge is 2.19. The molecule has 8 nitrogen and oxygen atoms in total. The Hall–Kier alpha value is -2.91. The fourth-order valence-corrected chi connectivity index (χ4v) is 3.54. The fourth-order valence-electron chi connectivity index (χ4n) is 2.48. The van der Waals surface area contributed by atoms with Gasteiger partial charge in [0.05, 0.1) is 31.7 Å². The van der Waals surface area contributed by atoms with E-state index in [1.54, 1.807) is 36.1 Å². The summed E-state index contributed by atoms with van der Waals surface area (Å²) in [4.78, 5) is 31.0. The minimum Gasteiger partial charge on any atom is -0.495 e. The van der Waals surface area contributed by atoms with Crippen molar-refractivity contribution >= 4 is 40.4 Å². The van der Waals surface area contributed by atoms with E-state index in [2.05, 4.69) is 15.4 Å². The number of ether oxygens (including phenoxy) is 1. The van der Waals surface area contributed by atoms with Crippen molar-refractivity contribution in [1.29, 1.82) is 0 Å². The summed E-state index contributed by atoms with van der Waals surface area (Å²) in [6.07, 6.45) is 5.01. The van der Waals surface area contributed by atoms with Crippen molar-refractivity contribution in [3.05, 3.63) is 46.7 Å². The van der Waals surface area contributed by atoms with Crippen LogP contribution in [0.15, 0.2) is 36.8 Å². The molecular weight excluding hydrogens is 402 g/mol. The van der Waals surface area contributed by atoms with Crippen LogP contribution in [0.3, 0.4) is 0 Å². The second kappa shape index (κ2) is 8.41. The molecule has 0 aliphatic carbocycles. The van der Waals surface area contributed by atoms with Gasteiger partial charge in [0.1, 0.15) is 15.6 Å². The third kappa shape index (κ3) is 4.49. The summed E-state index contributed by atoms with van der Waals surface area (Å²) < 4.78 is 6.87. The standard InChI is InChI=1S/C18H18ClN5O3S/c1-23(10-16(25)22-13-6-12(19)4-5-14(13)27-3)18(26)15-8-20-17(28-15)11-7-21-24(2)9-11/h4-9H,10H2,1-3H3,(H,22,25). The SMILES string of the molecule is COc1ccc(Cl)cc1NC(=O)CN(C)C(=O)c1cnc(-c2cnn(C)c2)s1. The molecule has 0 aliphatic rings. The largest absolute Gasteiger partial charge is 0.495 e. The Morgan fingerprint density at radius 1 is 1.36 bits per heavy atom.